The lowest BCUT2D eigenvalue weighted by Crippen LogP contribution is -2.32. The maximum Gasteiger partial charge on any atom is 0.250 e. The quantitative estimate of drug-likeness (QED) is 0.450. The van der Waals surface area contributed by atoms with Crippen LogP contribution in [-0.2, 0) is 9.53 Å². The van der Waals surface area contributed by atoms with Crippen molar-refractivity contribution in [1.29, 1.82) is 0 Å². The lowest BCUT2D eigenvalue weighted by molar-refractivity contribution is -0.115. The van der Waals surface area contributed by atoms with Crippen LogP contribution in [-0.4, -0.2) is 31.3 Å². The van der Waals surface area contributed by atoms with Crippen LogP contribution in [0.1, 0.15) is 4.88 Å². The van der Waals surface area contributed by atoms with Crippen molar-refractivity contribution in [2.45, 2.75) is 0 Å². The van der Waals surface area contributed by atoms with Gasteiger partial charge >= 0.3 is 0 Å². The Balaban J connectivity index is 1.78. The molecule has 0 fully saturated rings. The van der Waals surface area contributed by atoms with Gasteiger partial charge in [-0.1, -0.05) is 6.07 Å². The molecule has 0 aliphatic heterocycles. The molecule has 7 heteroatoms. The summed E-state index contributed by atoms with van der Waals surface area (Å²) < 4.78 is 10.4. The Hall–Kier alpha value is -2.22. The number of anilines is 1. The van der Waals surface area contributed by atoms with Crippen LogP contribution in [0.5, 0.6) is 5.75 Å². The van der Waals surface area contributed by atoms with Crippen LogP contribution in [0, 0.1) is 0 Å². The molecule has 24 heavy (non-hydrogen) atoms. The normalized spacial score (nSPS) is 10.5. The molecule has 2 rings (SSSR count). The molecule has 0 spiro atoms. The Morgan fingerprint density at radius 1 is 1.25 bits per heavy atom. The Labute approximate surface area is 150 Å². The molecular weight excluding hydrogens is 344 g/mol. The lowest BCUT2D eigenvalue weighted by Gasteiger charge is -2.09. The van der Waals surface area contributed by atoms with Gasteiger partial charge in [0, 0.05) is 23.8 Å². The summed E-state index contributed by atoms with van der Waals surface area (Å²) in [7, 11) is 1.63. The fourth-order valence-electron chi connectivity index (χ4n) is 1.74. The van der Waals surface area contributed by atoms with Crippen LogP contribution >= 0.6 is 23.6 Å². The van der Waals surface area contributed by atoms with E-state index in [0.717, 1.165) is 16.3 Å². The molecule has 0 aliphatic carbocycles. The summed E-state index contributed by atoms with van der Waals surface area (Å²) in [5.74, 6) is 0.465. The highest BCUT2D eigenvalue weighted by Gasteiger charge is 2.02. The van der Waals surface area contributed by atoms with Gasteiger partial charge in [-0.15, -0.1) is 11.3 Å². The highest BCUT2D eigenvalue weighted by molar-refractivity contribution is 7.80. The number of amides is 1. The van der Waals surface area contributed by atoms with E-state index in [4.69, 9.17) is 21.7 Å². The molecule has 1 amide bonds. The molecular formula is C17H18N2O3S2. The number of rotatable bonds is 7. The number of ether oxygens (including phenoxy) is 2. The molecule has 5 nitrogen and oxygen atoms in total. The summed E-state index contributed by atoms with van der Waals surface area (Å²) >= 11 is 6.68. The highest BCUT2D eigenvalue weighted by atomic mass is 32.1. The molecule has 0 atom stereocenters. The van der Waals surface area contributed by atoms with Gasteiger partial charge in [0.1, 0.15) is 12.4 Å². The highest BCUT2D eigenvalue weighted by Crippen LogP contribution is 2.15. The zero-order chi connectivity index (χ0) is 17.2. The Morgan fingerprint density at radius 2 is 2.04 bits per heavy atom. The van der Waals surface area contributed by atoms with Crippen molar-refractivity contribution in [3.8, 4) is 5.75 Å². The number of thiocarbonyl (C=S) groups is 1. The van der Waals surface area contributed by atoms with Crippen molar-refractivity contribution in [3.63, 3.8) is 0 Å². The van der Waals surface area contributed by atoms with Crippen molar-refractivity contribution < 1.29 is 14.3 Å². The fourth-order valence-corrected chi connectivity index (χ4v) is 2.57. The zero-order valence-electron chi connectivity index (χ0n) is 13.2. The van der Waals surface area contributed by atoms with Crippen LogP contribution in [0.2, 0.25) is 0 Å². The molecule has 0 saturated heterocycles. The Kier molecular flexibility index (Phi) is 7.41. The third-order valence-electron chi connectivity index (χ3n) is 2.85. The van der Waals surface area contributed by atoms with E-state index in [-0.39, 0.29) is 11.0 Å². The van der Waals surface area contributed by atoms with E-state index in [1.807, 2.05) is 41.8 Å². The minimum absolute atomic E-state index is 0.240. The number of benzene rings is 1. The monoisotopic (exact) mass is 362 g/mol. The first-order valence-electron chi connectivity index (χ1n) is 7.23. The molecule has 0 bridgehead atoms. The molecule has 1 aromatic heterocycles. The van der Waals surface area contributed by atoms with E-state index in [1.54, 1.807) is 24.5 Å². The maximum atomic E-state index is 11.8. The summed E-state index contributed by atoms with van der Waals surface area (Å²) in [6.45, 7) is 1.03. The molecule has 2 aromatic rings. The molecule has 2 N–H and O–H groups in total. The van der Waals surface area contributed by atoms with E-state index in [2.05, 4.69) is 10.6 Å². The second-order valence-corrected chi connectivity index (χ2v) is 6.05. The van der Waals surface area contributed by atoms with Crippen molar-refractivity contribution in [2.75, 3.05) is 25.6 Å². The van der Waals surface area contributed by atoms with E-state index in [1.165, 1.54) is 6.08 Å². The molecule has 1 heterocycles. The maximum absolute atomic E-state index is 11.8. The SMILES string of the molecule is COCCOc1ccc(NC(=S)NC(=O)/C=C/c2cccs2)cc1. The van der Waals surface area contributed by atoms with Crippen LogP contribution in [0.25, 0.3) is 6.08 Å². The minimum Gasteiger partial charge on any atom is -0.491 e. The van der Waals surface area contributed by atoms with E-state index >= 15 is 0 Å². The molecule has 1 aromatic carbocycles. The Bertz CT molecular complexity index is 682. The largest absolute Gasteiger partial charge is 0.491 e. The summed E-state index contributed by atoms with van der Waals surface area (Å²) in [5.41, 5.74) is 0.765. The van der Waals surface area contributed by atoms with Gasteiger partial charge in [-0.25, -0.2) is 0 Å². The van der Waals surface area contributed by atoms with Gasteiger partial charge < -0.3 is 14.8 Å². The second-order valence-electron chi connectivity index (χ2n) is 4.66. The van der Waals surface area contributed by atoms with Gasteiger partial charge in [-0.3, -0.25) is 10.1 Å². The third-order valence-corrected chi connectivity index (χ3v) is 3.89. The summed E-state index contributed by atoms with van der Waals surface area (Å²) in [6.07, 6.45) is 3.20. The first-order chi connectivity index (χ1) is 11.7. The number of hydrogen-bond acceptors (Lipinski definition) is 5. The van der Waals surface area contributed by atoms with E-state index in [9.17, 15) is 4.79 Å². The number of carbonyl (C=O) groups is 1. The smallest absolute Gasteiger partial charge is 0.250 e. The molecule has 126 valence electrons. The average molecular weight is 362 g/mol. The summed E-state index contributed by atoms with van der Waals surface area (Å²) in [5, 5.41) is 7.74. The van der Waals surface area contributed by atoms with Gasteiger partial charge in [0.05, 0.1) is 6.61 Å². The third kappa shape index (κ3) is 6.49. The van der Waals surface area contributed by atoms with Gasteiger partial charge in [-0.2, -0.15) is 0 Å². The van der Waals surface area contributed by atoms with Crippen molar-refractivity contribution in [3.05, 3.63) is 52.7 Å². The fraction of sp³-hybridized carbons (Fsp3) is 0.176. The first kappa shape index (κ1) is 18.1. The number of thiophene rings is 1. The zero-order valence-corrected chi connectivity index (χ0v) is 14.8. The van der Waals surface area contributed by atoms with Crippen LogP contribution in [0.3, 0.4) is 0 Å². The van der Waals surface area contributed by atoms with Crippen LogP contribution in [0.15, 0.2) is 47.9 Å². The Morgan fingerprint density at radius 3 is 2.71 bits per heavy atom. The standard InChI is InChI=1S/C17H18N2O3S2/c1-21-10-11-22-14-6-4-13(5-7-14)18-17(23)19-16(20)9-8-15-3-2-12-24-15/h2-9,12H,10-11H2,1H3,(H2,18,19,20,23)/b9-8+. The van der Waals surface area contributed by atoms with Gasteiger partial charge in [-0.05, 0) is 54.0 Å². The van der Waals surface area contributed by atoms with Crippen molar-refractivity contribution in [2.24, 2.45) is 0 Å². The summed E-state index contributed by atoms with van der Waals surface area (Å²) in [6, 6.07) is 11.1. The molecule has 0 radical (unpaired) electrons. The van der Waals surface area contributed by atoms with Crippen molar-refractivity contribution >= 4 is 46.3 Å². The number of nitrogens with one attached hydrogen (secondary N) is 2. The average Bonchev–Trinajstić information content (AvgIpc) is 3.08. The van der Waals surface area contributed by atoms with Gasteiger partial charge in [0.2, 0.25) is 5.91 Å². The van der Waals surface area contributed by atoms with Crippen LogP contribution < -0.4 is 15.4 Å². The first-order valence-corrected chi connectivity index (χ1v) is 8.51. The number of hydrogen-bond donors (Lipinski definition) is 2. The van der Waals surface area contributed by atoms with Crippen molar-refractivity contribution in [1.82, 2.24) is 5.32 Å². The predicted molar refractivity (Wildman–Crippen MR) is 102 cm³/mol. The van der Waals surface area contributed by atoms with E-state index < -0.39 is 0 Å². The second kappa shape index (κ2) is 9.82. The van der Waals surface area contributed by atoms with Crippen LogP contribution in [0.4, 0.5) is 5.69 Å². The topological polar surface area (TPSA) is 59.6 Å². The molecule has 0 aliphatic rings. The van der Waals surface area contributed by atoms with Gasteiger partial charge in [0.15, 0.2) is 5.11 Å². The number of carbonyl (C=O) groups excluding carboxylic acids is 1. The molecule has 0 unspecified atom stereocenters. The minimum atomic E-state index is -0.277. The summed E-state index contributed by atoms with van der Waals surface area (Å²) in [4.78, 5) is 12.8. The lowest BCUT2D eigenvalue weighted by atomic mass is 10.3. The predicted octanol–water partition coefficient (Wildman–Crippen LogP) is 3.30. The number of methoxy groups -OCH3 is 1. The van der Waals surface area contributed by atoms with Gasteiger partial charge in [0.25, 0.3) is 0 Å². The van der Waals surface area contributed by atoms with E-state index in [0.29, 0.717) is 13.2 Å². The molecule has 0 saturated carbocycles.